The van der Waals surface area contributed by atoms with Crippen LogP contribution >= 0.6 is 24.0 Å². The molecule has 2 atom stereocenters. The molecular weight excluding hydrogens is 442 g/mol. The van der Waals surface area contributed by atoms with Gasteiger partial charge in [-0.25, -0.2) is 4.79 Å². The molecule has 1 amide bonds. The van der Waals surface area contributed by atoms with Gasteiger partial charge in [0.2, 0.25) is 0 Å². The summed E-state index contributed by atoms with van der Waals surface area (Å²) in [4.78, 5) is 26.4. The maximum atomic E-state index is 13.0. The number of hydrogen-bond acceptors (Lipinski definition) is 5. The van der Waals surface area contributed by atoms with Crippen molar-refractivity contribution in [1.29, 1.82) is 0 Å². The van der Waals surface area contributed by atoms with Crippen LogP contribution in [0.25, 0.3) is 17.2 Å². The van der Waals surface area contributed by atoms with Crippen molar-refractivity contribution >= 4 is 46.3 Å². The average molecular weight is 470 g/mol. The number of carboxylic acid groups (broad SMARTS) is 1. The first kappa shape index (κ1) is 24.0. The summed E-state index contributed by atoms with van der Waals surface area (Å²) in [6, 6.07) is 14.8. The number of aliphatic carboxylic acids is 1. The number of hydrogen-bond donors (Lipinski definition) is 1. The smallest absolute Gasteiger partial charge is 0.327 e. The number of ether oxygens (including phenoxy) is 1. The Kier molecular flexibility index (Phi) is 7.74. The first-order valence-electron chi connectivity index (χ1n) is 10.6. The second-order valence-corrected chi connectivity index (χ2v) is 9.71. The maximum absolute atomic E-state index is 13.0. The zero-order valence-electron chi connectivity index (χ0n) is 18.6. The third-order valence-electron chi connectivity index (χ3n) is 5.31. The average Bonchev–Trinajstić information content (AvgIpc) is 3.02. The van der Waals surface area contributed by atoms with Gasteiger partial charge in [-0.05, 0) is 54.7 Å². The van der Waals surface area contributed by atoms with Gasteiger partial charge in [-0.2, -0.15) is 0 Å². The number of carboxylic acids is 1. The molecule has 0 radical (unpaired) electrons. The highest BCUT2D eigenvalue weighted by atomic mass is 32.2. The van der Waals surface area contributed by atoms with E-state index < -0.39 is 12.0 Å². The van der Waals surface area contributed by atoms with Crippen LogP contribution in [0.15, 0.2) is 53.4 Å². The Morgan fingerprint density at radius 1 is 1.09 bits per heavy atom. The third-order valence-corrected chi connectivity index (χ3v) is 6.64. The fourth-order valence-corrected chi connectivity index (χ4v) is 4.80. The van der Waals surface area contributed by atoms with Gasteiger partial charge in [-0.15, -0.1) is 0 Å². The number of carbonyl (C=O) groups is 2. The summed E-state index contributed by atoms with van der Waals surface area (Å²) in [5.41, 5.74) is 2.97. The molecule has 32 heavy (non-hydrogen) atoms. The molecule has 1 N–H and O–H groups in total. The molecule has 0 bridgehead atoms. The van der Waals surface area contributed by atoms with Gasteiger partial charge in [0.15, 0.2) is 0 Å². The van der Waals surface area contributed by atoms with Gasteiger partial charge in [0.25, 0.3) is 5.91 Å². The number of amides is 1. The fourth-order valence-electron chi connectivity index (χ4n) is 3.47. The lowest BCUT2D eigenvalue weighted by atomic mass is 9.98. The predicted octanol–water partition coefficient (Wildman–Crippen LogP) is 5.84. The highest BCUT2D eigenvalue weighted by molar-refractivity contribution is 8.26. The van der Waals surface area contributed by atoms with Gasteiger partial charge in [-0.3, -0.25) is 9.69 Å². The molecule has 0 aliphatic carbocycles. The summed E-state index contributed by atoms with van der Waals surface area (Å²) in [7, 11) is 0. The second-order valence-electron chi connectivity index (χ2n) is 8.03. The van der Waals surface area contributed by atoms with Crippen LogP contribution in [0.5, 0.6) is 5.75 Å². The van der Waals surface area contributed by atoms with Crippen LogP contribution in [0.3, 0.4) is 0 Å². The van der Waals surface area contributed by atoms with Gasteiger partial charge < -0.3 is 9.84 Å². The molecule has 0 saturated carbocycles. The zero-order valence-corrected chi connectivity index (χ0v) is 20.2. The zero-order chi connectivity index (χ0) is 23.4. The van der Waals surface area contributed by atoms with Crippen LogP contribution < -0.4 is 4.74 Å². The van der Waals surface area contributed by atoms with E-state index in [9.17, 15) is 14.7 Å². The molecule has 168 valence electrons. The number of carbonyl (C=O) groups excluding carboxylic acids is 1. The van der Waals surface area contributed by atoms with E-state index in [1.807, 2.05) is 76.2 Å². The fraction of sp³-hybridized carbons (Fsp3) is 0.320. The minimum absolute atomic E-state index is 0.129. The van der Waals surface area contributed by atoms with Crippen molar-refractivity contribution in [3.63, 3.8) is 0 Å². The van der Waals surface area contributed by atoms with E-state index in [2.05, 4.69) is 0 Å². The van der Waals surface area contributed by atoms with Crippen LogP contribution in [0.2, 0.25) is 0 Å². The van der Waals surface area contributed by atoms with Crippen molar-refractivity contribution in [2.24, 2.45) is 5.92 Å². The molecule has 3 rings (SSSR count). The minimum Gasteiger partial charge on any atom is -0.491 e. The Morgan fingerprint density at radius 2 is 1.66 bits per heavy atom. The summed E-state index contributed by atoms with van der Waals surface area (Å²) in [5, 5.41) is 9.66. The normalized spacial score (nSPS) is 17.2. The van der Waals surface area contributed by atoms with E-state index in [4.69, 9.17) is 17.0 Å². The minimum atomic E-state index is -1.04. The molecular formula is C25H27NO4S2. The van der Waals surface area contributed by atoms with Crippen molar-refractivity contribution in [2.45, 2.75) is 46.3 Å². The molecule has 1 fully saturated rings. The molecule has 0 unspecified atom stereocenters. The van der Waals surface area contributed by atoms with Crippen LogP contribution in [-0.2, 0) is 9.59 Å². The lowest BCUT2D eigenvalue weighted by molar-refractivity contribution is -0.147. The Labute approximate surface area is 198 Å². The van der Waals surface area contributed by atoms with E-state index in [1.165, 1.54) is 4.90 Å². The van der Waals surface area contributed by atoms with Crippen LogP contribution in [0.4, 0.5) is 0 Å². The lowest BCUT2D eigenvalue weighted by Crippen LogP contribution is -2.47. The number of rotatable bonds is 8. The van der Waals surface area contributed by atoms with Crippen LogP contribution in [0, 0.1) is 5.92 Å². The number of nitrogens with zero attached hydrogens (tertiary/aromatic N) is 1. The molecule has 2 aromatic rings. The molecule has 5 nitrogen and oxygen atoms in total. The van der Waals surface area contributed by atoms with Crippen LogP contribution in [-0.4, -0.2) is 38.3 Å². The quantitative estimate of drug-likeness (QED) is 0.387. The summed E-state index contributed by atoms with van der Waals surface area (Å²) < 4.78 is 5.97. The number of benzene rings is 2. The standard InChI is InChI=1S/C25H27NO4S2/c1-5-16(4)22(24(28)29)26-23(27)21(32-25(26)31)14-17-6-8-18(9-7-17)19-10-12-20(13-11-19)30-15(2)3/h6-16,22H,5H2,1-4H3,(H,28,29)/b21-14-/t16-,22-/m0/s1. The van der Waals surface area contributed by atoms with E-state index in [0.29, 0.717) is 11.3 Å². The van der Waals surface area contributed by atoms with Gasteiger partial charge >= 0.3 is 5.97 Å². The van der Waals surface area contributed by atoms with E-state index >= 15 is 0 Å². The van der Waals surface area contributed by atoms with Gasteiger partial charge in [0.1, 0.15) is 16.1 Å². The van der Waals surface area contributed by atoms with E-state index in [0.717, 1.165) is 34.2 Å². The van der Waals surface area contributed by atoms with Crippen LogP contribution in [0.1, 0.15) is 39.7 Å². The highest BCUT2D eigenvalue weighted by Gasteiger charge is 2.42. The van der Waals surface area contributed by atoms with Crippen molar-refractivity contribution in [3.05, 3.63) is 59.0 Å². The topological polar surface area (TPSA) is 66.8 Å². The maximum Gasteiger partial charge on any atom is 0.327 e. The first-order valence-corrected chi connectivity index (χ1v) is 11.8. The van der Waals surface area contributed by atoms with Gasteiger partial charge in [-0.1, -0.05) is 80.6 Å². The largest absolute Gasteiger partial charge is 0.491 e. The first-order chi connectivity index (χ1) is 15.2. The third kappa shape index (κ3) is 5.40. The molecule has 7 heteroatoms. The summed E-state index contributed by atoms with van der Waals surface area (Å²) in [6.45, 7) is 7.71. The van der Waals surface area contributed by atoms with Crippen molar-refractivity contribution in [2.75, 3.05) is 0 Å². The molecule has 1 saturated heterocycles. The second kappa shape index (κ2) is 10.3. The van der Waals surface area contributed by atoms with Gasteiger partial charge in [0, 0.05) is 0 Å². The Bertz CT molecular complexity index is 1030. The van der Waals surface area contributed by atoms with E-state index in [1.54, 1.807) is 6.08 Å². The molecule has 1 heterocycles. The summed E-state index contributed by atoms with van der Waals surface area (Å²) in [5.74, 6) is -0.756. The van der Waals surface area contributed by atoms with Crippen molar-refractivity contribution in [1.82, 2.24) is 4.90 Å². The van der Waals surface area contributed by atoms with E-state index in [-0.39, 0.29) is 22.2 Å². The van der Waals surface area contributed by atoms with Gasteiger partial charge in [0.05, 0.1) is 11.0 Å². The molecule has 1 aliphatic heterocycles. The summed E-state index contributed by atoms with van der Waals surface area (Å²) in [6.07, 6.45) is 2.53. The Morgan fingerprint density at radius 3 is 2.16 bits per heavy atom. The highest BCUT2D eigenvalue weighted by Crippen LogP contribution is 2.36. The molecule has 0 aromatic heterocycles. The number of thioether (sulfide) groups is 1. The van der Waals surface area contributed by atoms with Crippen molar-refractivity contribution in [3.8, 4) is 16.9 Å². The SMILES string of the molecule is CC[C@H](C)[C@@H](C(=O)O)N1C(=O)/C(=C/c2ccc(-c3ccc(OC(C)C)cc3)cc2)SC1=S. The monoisotopic (exact) mass is 469 g/mol. The lowest BCUT2D eigenvalue weighted by Gasteiger charge is -2.27. The Balaban J connectivity index is 1.78. The number of thiocarbonyl (C=S) groups is 1. The molecule has 0 spiro atoms. The predicted molar refractivity (Wildman–Crippen MR) is 134 cm³/mol. The van der Waals surface area contributed by atoms with Crippen molar-refractivity contribution < 1.29 is 19.4 Å². The Hall–Kier alpha value is -2.64. The molecule has 1 aliphatic rings. The summed E-state index contributed by atoms with van der Waals surface area (Å²) >= 11 is 6.50. The molecule has 2 aromatic carbocycles.